The van der Waals surface area contributed by atoms with Crippen LogP contribution < -0.4 is 9.47 Å². The van der Waals surface area contributed by atoms with Gasteiger partial charge in [0, 0.05) is 29.2 Å². The quantitative estimate of drug-likeness (QED) is 0.545. The number of hydrogen-bond acceptors (Lipinski definition) is 6. The number of nitrogens with zero attached hydrogens (tertiary/aromatic N) is 2. The first kappa shape index (κ1) is 19.4. The molecule has 2 aromatic heterocycles. The third-order valence-electron chi connectivity index (χ3n) is 4.71. The summed E-state index contributed by atoms with van der Waals surface area (Å²) in [6.07, 6.45) is 2.28. The number of methoxy groups -OCH3 is 1. The monoisotopic (exact) mass is 420 g/mol. The second kappa shape index (κ2) is 7.82. The average Bonchev–Trinajstić information content (AvgIpc) is 3.35. The maximum absolute atomic E-state index is 12.9. The number of esters is 1. The Morgan fingerprint density at radius 3 is 2.76 bits per heavy atom. The number of hydrogen-bond donors (Lipinski definition) is 0. The topological polar surface area (TPSA) is 62.6 Å². The maximum atomic E-state index is 12.9. The first-order valence-corrected chi connectivity index (χ1v) is 9.88. The predicted octanol–water partition coefficient (Wildman–Crippen LogP) is 4.62. The van der Waals surface area contributed by atoms with Gasteiger partial charge in [0.1, 0.15) is 10.7 Å². The molecular formula is C20H18F2N2O4S. The summed E-state index contributed by atoms with van der Waals surface area (Å²) in [6, 6.07) is 5.00. The highest BCUT2D eigenvalue weighted by atomic mass is 32.1. The molecule has 9 heteroatoms. The molecular weight excluding hydrogens is 402 g/mol. The van der Waals surface area contributed by atoms with E-state index in [0.29, 0.717) is 24.2 Å². The highest BCUT2D eigenvalue weighted by molar-refractivity contribution is 7.13. The molecule has 3 heterocycles. The molecule has 0 radical (unpaired) electrons. The fourth-order valence-electron chi connectivity index (χ4n) is 3.57. The minimum absolute atomic E-state index is 0.0568. The van der Waals surface area contributed by atoms with E-state index in [2.05, 4.69) is 9.72 Å². The van der Waals surface area contributed by atoms with E-state index in [1.165, 1.54) is 24.5 Å². The number of ether oxygens (including phenoxy) is 3. The molecule has 3 aromatic rings. The van der Waals surface area contributed by atoms with Gasteiger partial charge in [-0.1, -0.05) is 0 Å². The third-order valence-corrected chi connectivity index (χ3v) is 5.52. The Labute approximate surface area is 169 Å². The van der Waals surface area contributed by atoms with E-state index in [1.54, 1.807) is 25.3 Å². The Morgan fingerprint density at radius 1 is 1.28 bits per heavy atom. The van der Waals surface area contributed by atoms with Gasteiger partial charge in [0.25, 0.3) is 0 Å². The van der Waals surface area contributed by atoms with Crippen molar-refractivity contribution >= 4 is 17.3 Å². The number of rotatable bonds is 6. The van der Waals surface area contributed by atoms with Gasteiger partial charge < -0.3 is 18.8 Å². The molecule has 0 bridgehead atoms. The summed E-state index contributed by atoms with van der Waals surface area (Å²) < 4.78 is 42.8. The van der Waals surface area contributed by atoms with Crippen LogP contribution in [0.1, 0.15) is 23.0 Å². The summed E-state index contributed by atoms with van der Waals surface area (Å²) in [5.41, 5.74) is 3.50. The number of benzene rings is 1. The number of fused-ring (bicyclic) bond motifs is 3. The van der Waals surface area contributed by atoms with E-state index in [-0.39, 0.29) is 18.1 Å². The van der Waals surface area contributed by atoms with Crippen molar-refractivity contribution in [2.45, 2.75) is 26.5 Å². The van der Waals surface area contributed by atoms with Crippen LogP contribution in [0.25, 0.3) is 21.8 Å². The second-order valence-corrected chi connectivity index (χ2v) is 7.18. The number of aromatic nitrogens is 2. The van der Waals surface area contributed by atoms with Crippen molar-refractivity contribution in [3.05, 3.63) is 41.0 Å². The van der Waals surface area contributed by atoms with Crippen molar-refractivity contribution in [2.75, 3.05) is 13.7 Å². The van der Waals surface area contributed by atoms with Crippen LogP contribution in [-0.2, 0) is 17.7 Å². The molecule has 1 aliphatic heterocycles. The lowest BCUT2D eigenvalue weighted by Gasteiger charge is -2.23. The van der Waals surface area contributed by atoms with Crippen molar-refractivity contribution in [1.82, 2.24) is 9.55 Å². The van der Waals surface area contributed by atoms with Gasteiger partial charge >= 0.3 is 12.6 Å². The lowest BCUT2D eigenvalue weighted by atomic mass is 9.95. The molecule has 0 amide bonds. The van der Waals surface area contributed by atoms with Crippen LogP contribution >= 0.6 is 11.3 Å². The number of aryl methyl sites for hydroxylation is 1. The van der Waals surface area contributed by atoms with Crippen LogP contribution in [0.2, 0.25) is 0 Å². The molecule has 0 atom stereocenters. The van der Waals surface area contributed by atoms with Gasteiger partial charge in [0.05, 0.1) is 19.4 Å². The molecule has 29 heavy (non-hydrogen) atoms. The number of carbonyl (C=O) groups is 1. The number of halogens is 2. The average molecular weight is 420 g/mol. The van der Waals surface area contributed by atoms with E-state index >= 15 is 0 Å². The van der Waals surface area contributed by atoms with Crippen molar-refractivity contribution in [1.29, 1.82) is 0 Å². The molecule has 0 fully saturated rings. The first-order valence-electron chi connectivity index (χ1n) is 9.00. The van der Waals surface area contributed by atoms with E-state index in [4.69, 9.17) is 9.47 Å². The normalized spacial score (nSPS) is 12.4. The summed E-state index contributed by atoms with van der Waals surface area (Å²) >= 11 is 1.43. The molecule has 4 rings (SSSR count). The minimum Gasteiger partial charge on any atom is -0.493 e. The van der Waals surface area contributed by atoms with Gasteiger partial charge in [-0.15, -0.1) is 11.3 Å². The molecule has 0 saturated carbocycles. The van der Waals surface area contributed by atoms with Crippen LogP contribution in [0.5, 0.6) is 11.5 Å². The summed E-state index contributed by atoms with van der Waals surface area (Å²) in [6.45, 7) is -0.438. The number of thiazole rings is 1. The standard InChI is InChI=1S/C20H18F2N2O4S/c1-3-27-19(25)14-9-13(18-23-5-7-29-18)17-12-10-16(28-20(21)22)15(26-2)8-11(12)4-6-24(14)17/h5,7-10,20H,3-4,6H2,1-2H3. The van der Waals surface area contributed by atoms with Crippen molar-refractivity contribution in [3.8, 4) is 33.3 Å². The van der Waals surface area contributed by atoms with Gasteiger partial charge in [-0.05, 0) is 37.1 Å². The van der Waals surface area contributed by atoms with Gasteiger partial charge in [-0.3, -0.25) is 0 Å². The molecule has 0 unspecified atom stereocenters. The highest BCUT2D eigenvalue weighted by Crippen LogP contribution is 2.44. The molecule has 0 spiro atoms. The zero-order valence-corrected chi connectivity index (χ0v) is 16.6. The van der Waals surface area contributed by atoms with Crippen LogP contribution in [-0.4, -0.2) is 35.8 Å². The zero-order valence-electron chi connectivity index (χ0n) is 15.8. The van der Waals surface area contributed by atoms with Crippen LogP contribution in [0.4, 0.5) is 8.78 Å². The SMILES string of the molecule is CCOC(=O)c1cc(-c2nccs2)c2n1CCc1cc(OC)c(OC(F)F)cc1-2. The van der Waals surface area contributed by atoms with E-state index in [1.807, 2.05) is 9.95 Å². The van der Waals surface area contributed by atoms with E-state index in [0.717, 1.165) is 21.8 Å². The second-order valence-electron chi connectivity index (χ2n) is 6.29. The highest BCUT2D eigenvalue weighted by Gasteiger charge is 2.29. The molecule has 1 aromatic carbocycles. The Hall–Kier alpha value is -2.94. The van der Waals surface area contributed by atoms with Crippen LogP contribution in [0, 0.1) is 0 Å². The van der Waals surface area contributed by atoms with Gasteiger partial charge in [-0.25, -0.2) is 9.78 Å². The summed E-state index contributed by atoms with van der Waals surface area (Å²) in [5.74, 6) is -0.248. The molecule has 0 aliphatic carbocycles. The predicted molar refractivity (Wildman–Crippen MR) is 104 cm³/mol. The van der Waals surface area contributed by atoms with Gasteiger partial charge in [0.2, 0.25) is 0 Å². The van der Waals surface area contributed by atoms with Gasteiger partial charge in [-0.2, -0.15) is 8.78 Å². The molecule has 0 N–H and O–H groups in total. The number of carbonyl (C=O) groups excluding carboxylic acids is 1. The summed E-state index contributed by atoms with van der Waals surface area (Å²) in [7, 11) is 1.41. The van der Waals surface area contributed by atoms with Crippen LogP contribution in [0.15, 0.2) is 29.8 Å². The lowest BCUT2D eigenvalue weighted by molar-refractivity contribution is -0.0512. The van der Waals surface area contributed by atoms with Crippen molar-refractivity contribution in [2.24, 2.45) is 0 Å². The largest absolute Gasteiger partial charge is 0.493 e. The fourth-order valence-corrected chi connectivity index (χ4v) is 4.23. The Morgan fingerprint density at radius 2 is 2.10 bits per heavy atom. The Balaban J connectivity index is 1.94. The van der Waals surface area contributed by atoms with Gasteiger partial charge in [0.15, 0.2) is 11.5 Å². The number of alkyl halides is 2. The third kappa shape index (κ3) is 3.46. The Bertz CT molecular complexity index is 1050. The zero-order chi connectivity index (χ0) is 20.5. The van der Waals surface area contributed by atoms with Crippen molar-refractivity contribution in [3.63, 3.8) is 0 Å². The first-order chi connectivity index (χ1) is 14.0. The van der Waals surface area contributed by atoms with E-state index in [9.17, 15) is 13.6 Å². The lowest BCUT2D eigenvalue weighted by Crippen LogP contribution is -2.18. The fraction of sp³-hybridized carbons (Fsp3) is 0.300. The maximum Gasteiger partial charge on any atom is 0.387 e. The Kier molecular flexibility index (Phi) is 5.23. The molecule has 6 nitrogen and oxygen atoms in total. The molecule has 152 valence electrons. The molecule has 0 saturated heterocycles. The van der Waals surface area contributed by atoms with Crippen molar-refractivity contribution < 1.29 is 27.8 Å². The van der Waals surface area contributed by atoms with Crippen LogP contribution in [0.3, 0.4) is 0 Å². The van der Waals surface area contributed by atoms with E-state index < -0.39 is 12.6 Å². The summed E-state index contributed by atoms with van der Waals surface area (Å²) in [4.78, 5) is 16.9. The minimum atomic E-state index is -2.98. The molecule has 1 aliphatic rings. The smallest absolute Gasteiger partial charge is 0.387 e. The summed E-state index contributed by atoms with van der Waals surface area (Å²) in [5, 5.41) is 2.57.